The first-order valence-corrected chi connectivity index (χ1v) is 13.1. The summed E-state index contributed by atoms with van der Waals surface area (Å²) in [5.74, 6) is 2.54. The van der Waals surface area contributed by atoms with Crippen LogP contribution < -0.4 is 4.74 Å². The second-order valence-corrected chi connectivity index (χ2v) is 10.5. The molecule has 7 nitrogen and oxygen atoms in total. The number of fused-ring (bicyclic) bond motifs is 1. The smallest absolute Gasteiger partial charge is 0.199 e. The van der Waals surface area contributed by atoms with Crippen molar-refractivity contribution in [2.24, 2.45) is 5.92 Å². The molecule has 190 valence electrons. The fourth-order valence-corrected chi connectivity index (χ4v) is 4.63. The number of nitrogens with one attached hydrogen (secondary N) is 1. The highest BCUT2D eigenvalue weighted by Crippen LogP contribution is 2.27. The van der Waals surface area contributed by atoms with Gasteiger partial charge in [-0.1, -0.05) is 31.5 Å². The van der Waals surface area contributed by atoms with Crippen LogP contribution in [0.25, 0.3) is 22.6 Å². The standard InChI is InChI=1S/C28H34ClN5O2/c1-19(2)17-35-26-7-5-22(29)15-21(26)16-27-30-25(18-36-27)28-31-23-6-4-20(14-24(23)32-28)8-9-34-12-10-33(3)11-13-34/h4-7,14-15,18-19H,8-13,16-17H2,1-3H3,(H,31,32). The first kappa shape index (κ1) is 24.8. The molecule has 0 aliphatic carbocycles. The monoisotopic (exact) mass is 507 g/mol. The third-order valence-corrected chi connectivity index (χ3v) is 6.82. The van der Waals surface area contributed by atoms with Crippen LogP contribution in [0, 0.1) is 5.92 Å². The summed E-state index contributed by atoms with van der Waals surface area (Å²) >= 11 is 6.25. The maximum Gasteiger partial charge on any atom is 0.199 e. The van der Waals surface area contributed by atoms with Gasteiger partial charge < -0.3 is 23.9 Å². The predicted molar refractivity (Wildman–Crippen MR) is 144 cm³/mol. The number of likely N-dealkylation sites (N-methyl/N-ethyl adjacent to an activating group) is 1. The number of ether oxygens (including phenoxy) is 1. The van der Waals surface area contributed by atoms with Gasteiger partial charge in [-0.2, -0.15) is 0 Å². The Kier molecular flexibility index (Phi) is 7.60. The molecule has 1 saturated heterocycles. The number of aromatic nitrogens is 3. The first-order valence-electron chi connectivity index (χ1n) is 12.7. The van der Waals surface area contributed by atoms with E-state index in [9.17, 15) is 0 Å². The minimum atomic E-state index is 0.433. The van der Waals surface area contributed by atoms with E-state index >= 15 is 0 Å². The number of nitrogens with zero attached hydrogens (tertiary/aromatic N) is 4. The van der Waals surface area contributed by atoms with Gasteiger partial charge in [0.1, 0.15) is 17.7 Å². The molecule has 8 heteroatoms. The van der Waals surface area contributed by atoms with E-state index in [-0.39, 0.29) is 0 Å². The van der Waals surface area contributed by atoms with E-state index in [0.717, 1.165) is 61.5 Å². The van der Waals surface area contributed by atoms with E-state index in [1.807, 2.05) is 18.2 Å². The van der Waals surface area contributed by atoms with Gasteiger partial charge in [0.05, 0.1) is 24.1 Å². The van der Waals surface area contributed by atoms with E-state index in [1.165, 1.54) is 5.56 Å². The number of hydrogen-bond acceptors (Lipinski definition) is 6. The van der Waals surface area contributed by atoms with E-state index in [2.05, 4.69) is 53.9 Å². The number of rotatable bonds is 9. The highest BCUT2D eigenvalue weighted by molar-refractivity contribution is 6.30. The Balaban J connectivity index is 1.27. The number of halogens is 1. The topological polar surface area (TPSA) is 70.4 Å². The molecule has 1 aliphatic heterocycles. The molecule has 0 amide bonds. The van der Waals surface area contributed by atoms with Crippen molar-refractivity contribution >= 4 is 22.6 Å². The molecule has 0 spiro atoms. The molecule has 0 atom stereocenters. The molecule has 2 aromatic heterocycles. The summed E-state index contributed by atoms with van der Waals surface area (Å²) in [5.41, 5.74) is 4.90. The number of hydrogen-bond donors (Lipinski definition) is 1. The number of oxazole rings is 1. The molecule has 0 unspecified atom stereocenters. The van der Waals surface area contributed by atoms with Crippen molar-refractivity contribution in [3.05, 3.63) is 64.7 Å². The lowest BCUT2D eigenvalue weighted by molar-refractivity contribution is 0.155. The molecular formula is C28H34ClN5O2. The number of aromatic amines is 1. The molecule has 3 heterocycles. The normalized spacial score (nSPS) is 15.2. The van der Waals surface area contributed by atoms with Crippen molar-refractivity contribution in [2.75, 3.05) is 46.4 Å². The fourth-order valence-electron chi connectivity index (χ4n) is 4.44. The van der Waals surface area contributed by atoms with Gasteiger partial charge in [0.2, 0.25) is 0 Å². The average molecular weight is 508 g/mol. The summed E-state index contributed by atoms with van der Waals surface area (Å²) in [6.07, 6.45) is 3.17. The second-order valence-electron chi connectivity index (χ2n) is 10.1. The van der Waals surface area contributed by atoms with Gasteiger partial charge in [-0.15, -0.1) is 0 Å². The van der Waals surface area contributed by atoms with Crippen LogP contribution >= 0.6 is 11.6 Å². The summed E-state index contributed by atoms with van der Waals surface area (Å²) in [4.78, 5) is 17.8. The molecule has 1 N–H and O–H groups in total. The average Bonchev–Trinajstić information content (AvgIpc) is 3.49. The quantitative estimate of drug-likeness (QED) is 0.332. The molecule has 1 fully saturated rings. The first-order chi connectivity index (χ1) is 17.4. The summed E-state index contributed by atoms with van der Waals surface area (Å²) in [7, 11) is 2.19. The summed E-state index contributed by atoms with van der Waals surface area (Å²) < 4.78 is 11.8. The van der Waals surface area contributed by atoms with E-state index in [0.29, 0.717) is 41.4 Å². The largest absolute Gasteiger partial charge is 0.493 e. The Morgan fingerprint density at radius 2 is 1.92 bits per heavy atom. The number of piperazine rings is 1. The molecule has 0 radical (unpaired) electrons. The predicted octanol–water partition coefficient (Wildman–Crippen LogP) is 5.29. The zero-order chi connectivity index (χ0) is 25.1. The lowest BCUT2D eigenvalue weighted by atomic mass is 10.1. The summed E-state index contributed by atoms with van der Waals surface area (Å²) in [6, 6.07) is 12.1. The maximum atomic E-state index is 6.25. The third kappa shape index (κ3) is 6.09. The zero-order valence-electron chi connectivity index (χ0n) is 21.3. The van der Waals surface area contributed by atoms with Gasteiger partial charge in [0, 0.05) is 43.3 Å². The molecule has 2 aromatic carbocycles. The third-order valence-electron chi connectivity index (χ3n) is 6.59. The minimum absolute atomic E-state index is 0.433. The Morgan fingerprint density at radius 3 is 2.72 bits per heavy atom. The van der Waals surface area contributed by atoms with E-state index in [4.69, 9.17) is 30.7 Å². The van der Waals surface area contributed by atoms with Gasteiger partial charge >= 0.3 is 0 Å². The fraction of sp³-hybridized carbons (Fsp3) is 0.429. The van der Waals surface area contributed by atoms with Gasteiger partial charge in [-0.05, 0) is 55.3 Å². The lowest BCUT2D eigenvalue weighted by Crippen LogP contribution is -2.45. The Labute approximate surface area is 217 Å². The van der Waals surface area contributed by atoms with E-state index < -0.39 is 0 Å². The number of H-pyrrole nitrogens is 1. The van der Waals surface area contributed by atoms with E-state index in [1.54, 1.807) is 6.26 Å². The lowest BCUT2D eigenvalue weighted by Gasteiger charge is -2.32. The molecule has 5 rings (SSSR count). The van der Waals surface area contributed by atoms with Crippen molar-refractivity contribution in [1.29, 1.82) is 0 Å². The van der Waals surface area contributed by atoms with Gasteiger partial charge in [0.15, 0.2) is 11.7 Å². The zero-order valence-corrected chi connectivity index (χ0v) is 22.0. The van der Waals surface area contributed by atoms with Crippen molar-refractivity contribution < 1.29 is 9.15 Å². The summed E-state index contributed by atoms with van der Waals surface area (Å²) in [6.45, 7) is 10.5. The highest BCUT2D eigenvalue weighted by Gasteiger charge is 2.16. The van der Waals surface area contributed by atoms with Crippen molar-refractivity contribution in [2.45, 2.75) is 26.7 Å². The van der Waals surface area contributed by atoms with Crippen LogP contribution in [0.15, 0.2) is 47.1 Å². The SMILES string of the molecule is CC(C)COc1ccc(Cl)cc1Cc1nc(-c2nc3ccc(CCN4CCN(C)CC4)cc3[nH]2)co1. The van der Waals surface area contributed by atoms with Crippen LogP contribution in [-0.2, 0) is 12.8 Å². The van der Waals surface area contributed by atoms with Crippen LogP contribution in [0.3, 0.4) is 0 Å². The minimum Gasteiger partial charge on any atom is -0.493 e. The summed E-state index contributed by atoms with van der Waals surface area (Å²) in [5, 5.41) is 0.661. The molecule has 0 saturated carbocycles. The Morgan fingerprint density at radius 1 is 1.08 bits per heavy atom. The van der Waals surface area contributed by atoms with Crippen LogP contribution in [0.4, 0.5) is 0 Å². The Hall–Kier alpha value is -2.87. The van der Waals surface area contributed by atoms with Crippen molar-refractivity contribution in [3.8, 4) is 17.3 Å². The molecule has 4 aromatic rings. The molecule has 36 heavy (non-hydrogen) atoms. The maximum absolute atomic E-state index is 6.25. The second kappa shape index (κ2) is 11.0. The van der Waals surface area contributed by atoms with Gasteiger partial charge in [-0.3, -0.25) is 0 Å². The van der Waals surface area contributed by atoms with Gasteiger partial charge in [0.25, 0.3) is 0 Å². The number of benzene rings is 2. The van der Waals surface area contributed by atoms with Crippen molar-refractivity contribution in [3.63, 3.8) is 0 Å². The van der Waals surface area contributed by atoms with Crippen LogP contribution in [0.5, 0.6) is 5.75 Å². The Bertz CT molecular complexity index is 1310. The molecule has 1 aliphatic rings. The van der Waals surface area contributed by atoms with Crippen LogP contribution in [0.1, 0.15) is 30.9 Å². The van der Waals surface area contributed by atoms with Gasteiger partial charge in [-0.25, -0.2) is 9.97 Å². The molecular weight excluding hydrogens is 474 g/mol. The highest BCUT2D eigenvalue weighted by atomic mass is 35.5. The van der Waals surface area contributed by atoms with Crippen molar-refractivity contribution in [1.82, 2.24) is 24.8 Å². The van der Waals surface area contributed by atoms with Crippen LogP contribution in [0.2, 0.25) is 5.02 Å². The van der Waals surface area contributed by atoms with Crippen LogP contribution in [-0.4, -0.2) is 71.1 Å². The molecule has 0 bridgehead atoms. The number of imidazole rings is 1.